The molecular formula is C89H63N5O2. The summed E-state index contributed by atoms with van der Waals surface area (Å²) >= 11 is 0. The molecule has 0 radical (unpaired) electrons. The van der Waals surface area contributed by atoms with Gasteiger partial charge in [0.15, 0.2) is 16.9 Å². The number of hydrogen-bond donors (Lipinski definition) is 0. The van der Waals surface area contributed by atoms with Crippen molar-refractivity contribution in [3.05, 3.63) is 299 Å². The van der Waals surface area contributed by atoms with Crippen LogP contribution in [0, 0.1) is 17.9 Å². The third-order valence-electron chi connectivity index (χ3n) is 22.4. The average Bonchev–Trinajstić information content (AvgIpc) is 1.47. The first-order chi connectivity index (χ1) is 47.6. The quantitative estimate of drug-likeness (QED) is 0.142. The summed E-state index contributed by atoms with van der Waals surface area (Å²) < 4.78 is 17.5. The molecule has 3 aromatic heterocycles. The first-order valence-electron chi connectivity index (χ1n) is 34.3. The van der Waals surface area contributed by atoms with Gasteiger partial charge in [-0.2, -0.15) is 5.26 Å². The van der Waals surface area contributed by atoms with Gasteiger partial charge in [-0.3, -0.25) is 0 Å². The van der Waals surface area contributed by atoms with Crippen LogP contribution in [0.25, 0.3) is 109 Å². The van der Waals surface area contributed by atoms with Crippen molar-refractivity contribution in [1.29, 1.82) is 5.26 Å². The fraction of sp³-hybridized carbons (Fsp3) is 0.146. The van der Waals surface area contributed by atoms with Crippen LogP contribution in [-0.2, 0) is 5.41 Å². The minimum atomic E-state index is -0.959. The highest BCUT2D eigenvalue weighted by atomic mass is 16.3. The number of nitriles is 1. The first kappa shape index (κ1) is 54.9. The van der Waals surface area contributed by atoms with E-state index in [1.807, 2.05) is 24.3 Å². The second-order valence-electron chi connectivity index (χ2n) is 27.1. The van der Waals surface area contributed by atoms with Gasteiger partial charge in [-0.25, -0.2) is 4.85 Å². The molecule has 1 aliphatic heterocycles. The fourth-order valence-corrected chi connectivity index (χ4v) is 18.3. The van der Waals surface area contributed by atoms with Crippen LogP contribution in [0.5, 0.6) is 0 Å². The highest BCUT2D eigenvalue weighted by Crippen LogP contribution is 2.66. The van der Waals surface area contributed by atoms with Gasteiger partial charge in [-0.05, 0) is 166 Å². The maximum Gasteiger partial charge on any atom is 0.187 e. The predicted octanol–water partition coefficient (Wildman–Crippen LogP) is 25.0. The van der Waals surface area contributed by atoms with Gasteiger partial charge < -0.3 is 23.2 Å². The van der Waals surface area contributed by atoms with Crippen molar-refractivity contribution in [2.45, 2.75) is 81.5 Å². The van der Waals surface area contributed by atoms with Crippen LogP contribution in [0.15, 0.2) is 258 Å². The van der Waals surface area contributed by atoms with Gasteiger partial charge in [0.05, 0.1) is 63.1 Å². The molecule has 7 nitrogen and oxygen atoms in total. The number of benzene rings is 13. The zero-order valence-electron chi connectivity index (χ0n) is 52.9. The Bertz CT molecular complexity index is 5750. The molecule has 96 heavy (non-hydrogen) atoms. The molecule has 0 N–H and O–H groups in total. The van der Waals surface area contributed by atoms with Gasteiger partial charge in [0.2, 0.25) is 0 Å². The number of anilines is 6. The number of nitrogens with zero attached hydrogens (tertiary/aromatic N) is 5. The third-order valence-corrected chi connectivity index (χ3v) is 22.4. The first-order valence-corrected chi connectivity index (χ1v) is 34.3. The minimum absolute atomic E-state index is 0.438. The topological polar surface area (TPSA) is 65.8 Å². The highest BCUT2D eigenvalue weighted by molar-refractivity contribution is 6.22. The molecule has 3 aliphatic carbocycles. The Balaban J connectivity index is 0.926. The van der Waals surface area contributed by atoms with Crippen LogP contribution in [0.3, 0.4) is 0 Å². The maximum absolute atomic E-state index is 10.4. The number of hydrogen-bond acceptors (Lipinski definition) is 5. The zero-order chi connectivity index (χ0) is 63.3. The second-order valence-corrected chi connectivity index (χ2v) is 27.1. The third kappa shape index (κ3) is 7.68. The average molecular weight is 1230 g/mol. The lowest BCUT2D eigenvalue weighted by molar-refractivity contribution is 0.442. The lowest BCUT2D eigenvalue weighted by Crippen LogP contribution is -2.34. The number of rotatable bonds is 8. The monoisotopic (exact) mass is 1230 g/mol. The van der Waals surface area contributed by atoms with E-state index in [1.165, 1.54) is 99.3 Å². The van der Waals surface area contributed by atoms with E-state index in [4.69, 9.17) is 15.4 Å². The predicted molar refractivity (Wildman–Crippen MR) is 393 cm³/mol. The molecule has 0 saturated heterocycles. The second kappa shape index (κ2) is 21.2. The number of fused-ring (bicyclic) bond motifs is 22. The van der Waals surface area contributed by atoms with E-state index in [0.29, 0.717) is 23.1 Å². The van der Waals surface area contributed by atoms with E-state index >= 15 is 0 Å². The Kier molecular flexibility index (Phi) is 12.1. The van der Waals surface area contributed by atoms with Crippen LogP contribution in [0.2, 0.25) is 0 Å². The largest absolute Gasteiger partial charge is 0.454 e. The zero-order valence-corrected chi connectivity index (χ0v) is 52.9. The molecule has 1 unspecified atom stereocenters. The summed E-state index contributed by atoms with van der Waals surface area (Å²) in [5, 5.41) is 21.6. The Morgan fingerprint density at radius 3 is 1.38 bits per heavy atom. The van der Waals surface area contributed by atoms with E-state index in [0.717, 1.165) is 136 Å². The van der Waals surface area contributed by atoms with Gasteiger partial charge in [0, 0.05) is 54.5 Å². The molecule has 13 aromatic carbocycles. The van der Waals surface area contributed by atoms with Crippen molar-refractivity contribution >= 4 is 127 Å². The number of aromatic nitrogens is 1. The minimum Gasteiger partial charge on any atom is -0.454 e. The molecule has 0 bridgehead atoms. The summed E-state index contributed by atoms with van der Waals surface area (Å²) in [6.45, 7) is 8.17. The Morgan fingerprint density at radius 2 is 0.833 bits per heavy atom. The summed E-state index contributed by atoms with van der Waals surface area (Å²) in [6, 6.07) is 93.8. The molecule has 2 fully saturated rings. The lowest BCUT2D eigenvalue weighted by Gasteiger charge is -2.40. The summed E-state index contributed by atoms with van der Waals surface area (Å²) in [5.41, 5.74) is 22.6. The summed E-state index contributed by atoms with van der Waals surface area (Å²) in [6.07, 6.45) is 12.1. The molecular weight excluding hydrogens is 1170 g/mol. The van der Waals surface area contributed by atoms with Crippen LogP contribution >= 0.6 is 0 Å². The van der Waals surface area contributed by atoms with Crippen molar-refractivity contribution in [3.8, 4) is 22.9 Å². The van der Waals surface area contributed by atoms with Crippen molar-refractivity contribution < 1.29 is 8.83 Å². The fourth-order valence-electron chi connectivity index (χ4n) is 18.3. The van der Waals surface area contributed by atoms with Gasteiger partial charge in [-0.15, -0.1) is 0 Å². The molecule has 1 spiro atoms. The van der Waals surface area contributed by atoms with Crippen LogP contribution in [-0.4, -0.2) is 4.57 Å². The smallest absolute Gasteiger partial charge is 0.187 e. The molecule has 1 atom stereocenters. The molecule has 456 valence electrons. The van der Waals surface area contributed by atoms with Gasteiger partial charge in [0.1, 0.15) is 11.2 Å². The number of furan rings is 2. The van der Waals surface area contributed by atoms with E-state index < -0.39 is 5.41 Å². The molecule has 4 heterocycles. The summed E-state index contributed by atoms with van der Waals surface area (Å²) in [4.78, 5) is 8.77. The van der Waals surface area contributed by atoms with Crippen molar-refractivity contribution in [2.24, 2.45) is 0 Å². The Hall–Kier alpha value is -11.6. The van der Waals surface area contributed by atoms with Crippen LogP contribution in [0.1, 0.15) is 115 Å². The van der Waals surface area contributed by atoms with Crippen LogP contribution < -0.4 is 9.80 Å². The Morgan fingerprint density at radius 1 is 0.396 bits per heavy atom. The molecule has 20 rings (SSSR count). The van der Waals surface area contributed by atoms with Gasteiger partial charge in [0.25, 0.3) is 0 Å². The molecule has 0 amide bonds. The van der Waals surface area contributed by atoms with Gasteiger partial charge in [-0.1, -0.05) is 214 Å². The van der Waals surface area contributed by atoms with Crippen molar-refractivity contribution in [1.82, 2.24) is 4.57 Å². The molecule has 4 aliphatic rings. The summed E-state index contributed by atoms with van der Waals surface area (Å²) in [5.74, 6) is 0.878. The number of para-hydroxylation sites is 7. The SMILES string of the molecule is [C-]#[N+]c1ccc(N(c2cc3c(c4ccccc24)-c2c(cc(N(c4ccc(C#N)cc4)c4cccc5c4oc4c(C6CCCCC6)cccc45)c4ccccc24)C32c3ccccc3-n3c4ccccc4c4cccc2c43)c2cccc3c2oc2c(C4CCCCC4)cccc23)cc1. The van der Waals surface area contributed by atoms with Crippen LogP contribution in [0.4, 0.5) is 39.8 Å². The van der Waals surface area contributed by atoms with E-state index in [-0.39, 0.29) is 0 Å². The van der Waals surface area contributed by atoms with Gasteiger partial charge >= 0.3 is 0 Å². The standard InChI is InChI=1S/C89H63N5O2/c1-91-57-45-49-59(50-46-57)93(79-42-20-36-71-69-34-17-31-61(86(69)96-88(71)79)56-23-6-3-7-24-56)81-52-75-83(66-29-11-9-26-63(66)81)82-65-28-10-8-25-62(65)80(51-74(82)89(75)72-37-13-15-40-77(72)94-76-39-14-12-27-64(76)67-32-18-38-73(89)84(67)94)92(58-47-43-54(53-90)44-48-58)78-41-19-35-70-68-33-16-30-60(85(68)95-87(70)78)55-21-4-2-5-22-55/h8-20,25-52,55-56H,2-7,21-24H2. The molecule has 2 saturated carbocycles. The molecule has 16 aromatic rings. The summed E-state index contributed by atoms with van der Waals surface area (Å²) in [7, 11) is 0. The lowest BCUT2D eigenvalue weighted by atomic mass is 9.65. The van der Waals surface area contributed by atoms with E-state index in [1.54, 1.807) is 0 Å². The maximum atomic E-state index is 10.4. The van der Waals surface area contributed by atoms with Crippen molar-refractivity contribution in [3.63, 3.8) is 0 Å². The molecule has 7 heteroatoms. The van der Waals surface area contributed by atoms with E-state index in [2.05, 4.69) is 250 Å². The highest BCUT2D eigenvalue weighted by Gasteiger charge is 2.53. The normalized spacial score (nSPS) is 16.1. The van der Waals surface area contributed by atoms with E-state index in [9.17, 15) is 5.26 Å². The Labute approximate surface area is 555 Å². The van der Waals surface area contributed by atoms with Crippen molar-refractivity contribution in [2.75, 3.05) is 9.80 Å².